The highest BCUT2D eigenvalue weighted by molar-refractivity contribution is 7.92. The molecule has 128 valence electrons. The highest BCUT2D eigenvalue weighted by Gasteiger charge is 2.49. The fourth-order valence-corrected chi connectivity index (χ4v) is 5.06. The van der Waals surface area contributed by atoms with E-state index in [0.29, 0.717) is 13.0 Å². The number of ketones is 1. The monoisotopic (exact) mass is 340 g/mol. The number of Topliss-reactive ketones (excluding diaryl/α,β-unsaturated/α-hetero) is 1. The van der Waals surface area contributed by atoms with Crippen molar-refractivity contribution in [2.24, 2.45) is 11.3 Å². The molecule has 1 aromatic rings. The lowest BCUT2D eigenvalue weighted by molar-refractivity contribution is -0.134. The van der Waals surface area contributed by atoms with E-state index in [1.165, 1.54) is 19.2 Å². The Hall–Kier alpha value is -1.24. The van der Waals surface area contributed by atoms with Gasteiger partial charge in [0.15, 0.2) is 21.9 Å². The van der Waals surface area contributed by atoms with Gasteiger partial charge in [-0.25, -0.2) is 8.42 Å². The summed E-state index contributed by atoms with van der Waals surface area (Å²) in [7, 11) is -2.35. The molecule has 0 aliphatic carbocycles. The van der Waals surface area contributed by atoms with Crippen LogP contribution in [0.3, 0.4) is 0 Å². The van der Waals surface area contributed by atoms with Crippen LogP contribution in [0.15, 0.2) is 35.2 Å². The standard InChI is InChI=1S/C17H24O5S/c1-17(2,3)15(18)14(13-10-11-22-16(13)21-4)23(19,20)12-8-6-5-7-9-12/h5-9,13-14,16H,10-11H2,1-4H3/t13-,14+,16-/m0/s1. The fourth-order valence-electron chi connectivity index (χ4n) is 2.87. The minimum atomic E-state index is -3.82. The normalized spacial score (nSPS) is 23.7. The molecule has 0 aromatic heterocycles. The third-order valence-electron chi connectivity index (χ3n) is 4.11. The van der Waals surface area contributed by atoms with Crippen LogP contribution in [-0.2, 0) is 24.1 Å². The van der Waals surface area contributed by atoms with Crippen LogP contribution in [0.25, 0.3) is 0 Å². The first-order chi connectivity index (χ1) is 10.7. The SMILES string of the molecule is CO[C@H]1OCC[C@H]1[C@H](C(=O)C(C)(C)C)S(=O)(=O)c1ccccc1. The van der Waals surface area contributed by atoms with Crippen molar-refractivity contribution in [3.8, 4) is 0 Å². The number of rotatable bonds is 5. The summed E-state index contributed by atoms with van der Waals surface area (Å²) in [6.45, 7) is 5.60. The van der Waals surface area contributed by atoms with Crippen LogP contribution < -0.4 is 0 Å². The molecule has 3 atom stereocenters. The number of hydrogen-bond acceptors (Lipinski definition) is 5. The summed E-state index contributed by atoms with van der Waals surface area (Å²) in [6, 6.07) is 8.11. The van der Waals surface area contributed by atoms with Crippen molar-refractivity contribution in [2.75, 3.05) is 13.7 Å². The molecule has 0 saturated carbocycles. The molecule has 1 saturated heterocycles. The second kappa shape index (κ2) is 6.71. The molecule has 6 heteroatoms. The quantitative estimate of drug-likeness (QED) is 0.823. The molecule has 0 unspecified atom stereocenters. The Bertz CT molecular complexity index is 645. The van der Waals surface area contributed by atoms with Crippen LogP contribution in [0.2, 0.25) is 0 Å². The molecule has 1 heterocycles. The number of hydrogen-bond donors (Lipinski definition) is 0. The Morgan fingerprint density at radius 1 is 1.26 bits per heavy atom. The smallest absolute Gasteiger partial charge is 0.188 e. The number of carbonyl (C=O) groups is 1. The number of sulfone groups is 1. The molecule has 2 rings (SSSR count). The zero-order chi connectivity index (χ0) is 17.3. The van der Waals surface area contributed by atoms with E-state index in [0.717, 1.165) is 0 Å². The first-order valence-corrected chi connectivity index (χ1v) is 9.22. The number of benzene rings is 1. The van der Waals surface area contributed by atoms with Gasteiger partial charge in [-0.2, -0.15) is 0 Å². The number of methoxy groups -OCH3 is 1. The van der Waals surface area contributed by atoms with Crippen molar-refractivity contribution >= 4 is 15.6 Å². The summed E-state index contributed by atoms with van der Waals surface area (Å²) in [6.07, 6.45) is -0.193. The summed E-state index contributed by atoms with van der Waals surface area (Å²) < 4.78 is 37.0. The summed E-state index contributed by atoms with van der Waals surface area (Å²) in [5, 5.41) is -1.17. The predicted octanol–water partition coefficient (Wildman–Crippen LogP) is 2.45. The van der Waals surface area contributed by atoms with E-state index >= 15 is 0 Å². The van der Waals surface area contributed by atoms with Crippen LogP contribution in [0.5, 0.6) is 0 Å². The maximum absolute atomic E-state index is 13.1. The lowest BCUT2D eigenvalue weighted by atomic mass is 9.84. The summed E-state index contributed by atoms with van der Waals surface area (Å²) in [5.74, 6) is -0.809. The maximum atomic E-state index is 13.1. The van der Waals surface area contributed by atoms with Crippen molar-refractivity contribution < 1.29 is 22.7 Å². The van der Waals surface area contributed by atoms with Crippen molar-refractivity contribution in [3.05, 3.63) is 30.3 Å². The van der Waals surface area contributed by atoms with Crippen molar-refractivity contribution in [2.45, 2.75) is 43.6 Å². The topological polar surface area (TPSA) is 69.7 Å². The van der Waals surface area contributed by atoms with Gasteiger partial charge in [-0.1, -0.05) is 39.0 Å². The van der Waals surface area contributed by atoms with E-state index in [-0.39, 0.29) is 10.7 Å². The van der Waals surface area contributed by atoms with E-state index in [2.05, 4.69) is 0 Å². The molecule has 1 fully saturated rings. The van der Waals surface area contributed by atoms with E-state index in [4.69, 9.17) is 9.47 Å². The van der Waals surface area contributed by atoms with Gasteiger partial charge in [0.2, 0.25) is 0 Å². The van der Waals surface area contributed by atoms with Crippen molar-refractivity contribution in [1.29, 1.82) is 0 Å². The van der Waals surface area contributed by atoms with Crippen molar-refractivity contribution in [1.82, 2.24) is 0 Å². The van der Waals surface area contributed by atoms with E-state index < -0.39 is 32.7 Å². The number of carbonyl (C=O) groups excluding carboxylic acids is 1. The lowest BCUT2D eigenvalue weighted by Crippen LogP contribution is -2.46. The van der Waals surface area contributed by atoms with Crippen molar-refractivity contribution in [3.63, 3.8) is 0 Å². The zero-order valence-corrected chi connectivity index (χ0v) is 14.8. The Balaban J connectivity index is 2.52. The third kappa shape index (κ3) is 3.65. The molecular weight excluding hydrogens is 316 g/mol. The first-order valence-electron chi connectivity index (χ1n) is 7.67. The molecule has 1 aliphatic heterocycles. The van der Waals surface area contributed by atoms with Gasteiger partial charge < -0.3 is 9.47 Å². The molecule has 0 N–H and O–H groups in total. The second-order valence-electron chi connectivity index (χ2n) is 6.82. The molecule has 0 spiro atoms. The molecule has 0 radical (unpaired) electrons. The van der Waals surface area contributed by atoms with Crippen LogP contribution in [-0.4, -0.2) is 39.5 Å². The molecule has 23 heavy (non-hydrogen) atoms. The zero-order valence-electron chi connectivity index (χ0n) is 14.0. The molecule has 1 aliphatic rings. The predicted molar refractivity (Wildman–Crippen MR) is 86.7 cm³/mol. The Morgan fingerprint density at radius 3 is 2.39 bits per heavy atom. The minimum absolute atomic E-state index is 0.157. The Kier molecular flexibility index (Phi) is 5.28. The number of ether oxygens (including phenoxy) is 2. The lowest BCUT2D eigenvalue weighted by Gasteiger charge is -2.30. The van der Waals surface area contributed by atoms with E-state index in [9.17, 15) is 13.2 Å². The molecule has 1 aromatic carbocycles. The first kappa shape index (κ1) is 18.1. The highest BCUT2D eigenvalue weighted by Crippen LogP contribution is 2.36. The second-order valence-corrected chi connectivity index (χ2v) is 8.89. The van der Waals surface area contributed by atoms with Gasteiger partial charge in [0.25, 0.3) is 0 Å². The van der Waals surface area contributed by atoms with Gasteiger partial charge in [0.1, 0.15) is 5.25 Å². The van der Waals surface area contributed by atoms with E-state index in [1.807, 2.05) is 0 Å². The Labute approximate surface area is 137 Å². The Morgan fingerprint density at radius 2 is 1.87 bits per heavy atom. The van der Waals surface area contributed by atoms with Crippen LogP contribution in [0.4, 0.5) is 0 Å². The van der Waals surface area contributed by atoms with Gasteiger partial charge in [-0.15, -0.1) is 0 Å². The van der Waals surface area contributed by atoms with Crippen LogP contribution in [0.1, 0.15) is 27.2 Å². The van der Waals surface area contributed by atoms with Gasteiger partial charge in [0.05, 0.1) is 11.5 Å². The van der Waals surface area contributed by atoms with Gasteiger partial charge in [0, 0.05) is 18.4 Å². The van der Waals surface area contributed by atoms with Crippen LogP contribution in [0, 0.1) is 11.3 Å². The largest absolute Gasteiger partial charge is 0.356 e. The van der Waals surface area contributed by atoms with Crippen LogP contribution >= 0.6 is 0 Å². The molecule has 5 nitrogen and oxygen atoms in total. The molecular formula is C17H24O5S. The summed E-state index contributed by atoms with van der Waals surface area (Å²) in [4.78, 5) is 13.1. The maximum Gasteiger partial charge on any atom is 0.188 e. The van der Waals surface area contributed by atoms with Gasteiger partial charge in [-0.3, -0.25) is 4.79 Å². The molecule has 0 bridgehead atoms. The highest BCUT2D eigenvalue weighted by atomic mass is 32.2. The summed E-state index contributed by atoms with van der Waals surface area (Å²) >= 11 is 0. The van der Waals surface area contributed by atoms with Gasteiger partial charge >= 0.3 is 0 Å². The van der Waals surface area contributed by atoms with Gasteiger partial charge in [-0.05, 0) is 18.6 Å². The fraction of sp³-hybridized carbons (Fsp3) is 0.588. The summed E-state index contributed by atoms with van der Waals surface area (Å²) in [5.41, 5.74) is -0.770. The average Bonchev–Trinajstić information content (AvgIpc) is 2.95. The third-order valence-corrected chi connectivity index (χ3v) is 6.27. The minimum Gasteiger partial charge on any atom is -0.356 e. The van der Waals surface area contributed by atoms with E-state index in [1.54, 1.807) is 39.0 Å². The molecule has 0 amide bonds. The average molecular weight is 340 g/mol.